The molecule has 1 aliphatic heterocycles. The standard InChI is InChI=1S/C20H15ClF4N4O/c1-2-30-10-16-28-27-15-9-26-18(11-3-5-12(6-4-11)20(23,24)25)17-13(21)7-8-14(22)19(17)29(15)16/h3-8H,2,9-10H2,1H3. The van der Waals surface area contributed by atoms with Crippen molar-refractivity contribution in [3.05, 3.63) is 75.6 Å². The highest BCUT2D eigenvalue weighted by Gasteiger charge is 2.31. The van der Waals surface area contributed by atoms with Crippen molar-refractivity contribution in [2.45, 2.75) is 26.3 Å². The van der Waals surface area contributed by atoms with Gasteiger partial charge in [-0.2, -0.15) is 13.2 Å². The van der Waals surface area contributed by atoms with Crippen LogP contribution < -0.4 is 0 Å². The third-order valence-corrected chi connectivity index (χ3v) is 4.95. The van der Waals surface area contributed by atoms with Gasteiger partial charge in [-0.25, -0.2) is 4.39 Å². The number of fused-ring (bicyclic) bond motifs is 3. The molecule has 0 N–H and O–H groups in total. The maximum atomic E-state index is 15.0. The smallest absolute Gasteiger partial charge is 0.374 e. The van der Waals surface area contributed by atoms with Crippen LogP contribution in [0.1, 0.15) is 35.3 Å². The molecule has 2 aromatic carbocycles. The lowest BCUT2D eigenvalue weighted by atomic mass is 9.99. The Morgan fingerprint density at radius 2 is 1.83 bits per heavy atom. The van der Waals surface area contributed by atoms with Gasteiger partial charge in [-0.05, 0) is 31.2 Å². The Morgan fingerprint density at radius 1 is 1.10 bits per heavy atom. The molecule has 0 radical (unpaired) electrons. The molecule has 0 bridgehead atoms. The van der Waals surface area contributed by atoms with Crippen LogP contribution in [-0.2, 0) is 24.1 Å². The maximum Gasteiger partial charge on any atom is 0.416 e. The minimum Gasteiger partial charge on any atom is -0.374 e. The number of halogens is 5. The van der Waals surface area contributed by atoms with Crippen LogP contribution in [0.5, 0.6) is 0 Å². The number of aliphatic imine (C=N–C) groups is 1. The van der Waals surface area contributed by atoms with Gasteiger partial charge in [0.15, 0.2) is 11.6 Å². The Hall–Kier alpha value is -2.78. The first-order valence-electron chi connectivity index (χ1n) is 9.03. The van der Waals surface area contributed by atoms with Gasteiger partial charge in [0.1, 0.15) is 19.0 Å². The van der Waals surface area contributed by atoms with Crippen LogP contribution in [0.4, 0.5) is 17.6 Å². The lowest BCUT2D eigenvalue weighted by Crippen LogP contribution is -2.13. The summed E-state index contributed by atoms with van der Waals surface area (Å²) in [5.74, 6) is 0.155. The van der Waals surface area contributed by atoms with Crippen molar-refractivity contribution in [3.8, 4) is 5.69 Å². The fraction of sp³-hybridized carbons (Fsp3) is 0.250. The van der Waals surface area contributed by atoms with Crippen LogP contribution in [0, 0.1) is 5.82 Å². The first-order chi connectivity index (χ1) is 14.3. The zero-order valence-corrected chi connectivity index (χ0v) is 16.4. The van der Waals surface area contributed by atoms with E-state index in [1.807, 2.05) is 6.92 Å². The van der Waals surface area contributed by atoms with E-state index in [1.54, 1.807) is 0 Å². The number of ether oxygens (including phenoxy) is 1. The van der Waals surface area contributed by atoms with E-state index >= 15 is 4.39 Å². The summed E-state index contributed by atoms with van der Waals surface area (Å²) >= 11 is 6.41. The molecule has 0 fully saturated rings. The Kier molecular flexibility index (Phi) is 5.33. The Morgan fingerprint density at radius 3 is 2.50 bits per heavy atom. The average Bonchev–Trinajstić information content (AvgIpc) is 3.02. The molecule has 4 rings (SSSR count). The average molecular weight is 439 g/mol. The van der Waals surface area contributed by atoms with Crippen molar-refractivity contribution in [1.82, 2.24) is 14.8 Å². The third kappa shape index (κ3) is 3.59. The van der Waals surface area contributed by atoms with Gasteiger partial charge in [0, 0.05) is 17.7 Å². The molecule has 2 heterocycles. The van der Waals surface area contributed by atoms with Crippen molar-refractivity contribution in [2.75, 3.05) is 6.61 Å². The van der Waals surface area contributed by atoms with E-state index in [-0.39, 0.29) is 35.1 Å². The molecule has 0 spiro atoms. The molecule has 0 unspecified atom stereocenters. The topological polar surface area (TPSA) is 52.3 Å². The van der Waals surface area contributed by atoms with Gasteiger partial charge < -0.3 is 4.74 Å². The van der Waals surface area contributed by atoms with E-state index in [1.165, 1.54) is 28.8 Å². The second kappa shape index (κ2) is 7.81. The van der Waals surface area contributed by atoms with Crippen molar-refractivity contribution in [1.29, 1.82) is 0 Å². The predicted octanol–water partition coefficient (Wildman–Crippen LogP) is 4.97. The Bertz CT molecular complexity index is 1120. The minimum absolute atomic E-state index is 0.0416. The van der Waals surface area contributed by atoms with Gasteiger partial charge in [0.25, 0.3) is 0 Å². The molecule has 10 heteroatoms. The molecule has 5 nitrogen and oxygen atoms in total. The molecule has 0 aliphatic carbocycles. The van der Waals surface area contributed by atoms with Gasteiger partial charge >= 0.3 is 6.18 Å². The summed E-state index contributed by atoms with van der Waals surface area (Å²) in [7, 11) is 0. The van der Waals surface area contributed by atoms with Gasteiger partial charge in [-0.3, -0.25) is 9.56 Å². The number of rotatable bonds is 4. The maximum absolute atomic E-state index is 15.0. The molecule has 0 saturated heterocycles. The van der Waals surface area contributed by atoms with Gasteiger partial charge in [0.05, 0.1) is 22.0 Å². The van der Waals surface area contributed by atoms with E-state index in [4.69, 9.17) is 16.3 Å². The van der Waals surface area contributed by atoms with E-state index in [0.717, 1.165) is 12.1 Å². The van der Waals surface area contributed by atoms with Crippen LogP contribution in [-0.4, -0.2) is 27.1 Å². The van der Waals surface area contributed by atoms with Crippen molar-refractivity contribution < 1.29 is 22.3 Å². The summed E-state index contributed by atoms with van der Waals surface area (Å²) in [6.07, 6.45) is -4.46. The van der Waals surface area contributed by atoms with Crippen LogP contribution in [0.3, 0.4) is 0 Å². The lowest BCUT2D eigenvalue weighted by molar-refractivity contribution is -0.137. The van der Waals surface area contributed by atoms with Crippen molar-refractivity contribution >= 4 is 17.3 Å². The molecule has 0 amide bonds. The van der Waals surface area contributed by atoms with Crippen LogP contribution >= 0.6 is 11.6 Å². The number of aromatic nitrogens is 3. The van der Waals surface area contributed by atoms with Crippen molar-refractivity contribution in [3.63, 3.8) is 0 Å². The molecular formula is C20H15ClF4N4O. The Labute approximate surface area is 174 Å². The number of alkyl halides is 3. The molecule has 0 atom stereocenters. The molecule has 3 aromatic rings. The van der Waals surface area contributed by atoms with Gasteiger partial charge in [-0.15, -0.1) is 10.2 Å². The number of benzene rings is 2. The largest absolute Gasteiger partial charge is 0.416 e. The highest BCUT2D eigenvalue weighted by atomic mass is 35.5. The Balaban J connectivity index is 1.89. The molecule has 1 aromatic heterocycles. The van der Waals surface area contributed by atoms with E-state index in [0.29, 0.717) is 23.8 Å². The van der Waals surface area contributed by atoms with Crippen molar-refractivity contribution in [2.24, 2.45) is 4.99 Å². The van der Waals surface area contributed by atoms with Gasteiger partial charge in [-0.1, -0.05) is 23.7 Å². The summed E-state index contributed by atoms with van der Waals surface area (Å²) in [5.41, 5.74) is 0.209. The zero-order valence-electron chi connectivity index (χ0n) is 15.7. The fourth-order valence-corrected chi connectivity index (χ4v) is 3.51. The van der Waals surface area contributed by atoms with Crippen LogP contribution in [0.2, 0.25) is 5.02 Å². The number of hydrogen-bond donors (Lipinski definition) is 0. The number of nitrogens with zero attached hydrogens (tertiary/aromatic N) is 4. The molecule has 156 valence electrons. The quantitative estimate of drug-likeness (QED) is 0.541. The first-order valence-corrected chi connectivity index (χ1v) is 9.40. The molecular weight excluding hydrogens is 424 g/mol. The second-order valence-corrected chi connectivity index (χ2v) is 6.90. The third-order valence-electron chi connectivity index (χ3n) is 4.63. The van der Waals surface area contributed by atoms with Gasteiger partial charge in [0.2, 0.25) is 0 Å². The van der Waals surface area contributed by atoms with Crippen LogP contribution in [0.15, 0.2) is 41.4 Å². The monoisotopic (exact) mass is 438 g/mol. The predicted molar refractivity (Wildman–Crippen MR) is 102 cm³/mol. The zero-order chi connectivity index (χ0) is 21.5. The molecule has 1 aliphatic rings. The minimum atomic E-state index is -4.46. The highest BCUT2D eigenvalue weighted by Crippen LogP contribution is 2.34. The highest BCUT2D eigenvalue weighted by molar-refractivity contribution is 6.36. The summed E-state index contributed by atoms with van der Waals surface area (Å²) in [6.45, 7) is 2.39. The fourth-order valence-electron chi connectivity index (χ4n) is 3.27. The van der Waals surface area contributed by atoms with E-state index in [9.17, 15) is 13.2 Å². The normalized spacial score (nSPS) is 13.5. The molecule has 0 saturated carbocycles. The molecule has 30 heavy (non-hydrogen) atoms. The SMILES string of the molecule is CCOCc1nnc2n1-c1c(F)ccc(Cl)c1C(c1ccc(C(F)(F)F)cc1)=NC2. The summed E-state index contributed by atoms with van der Waals surface area (Å²) in [5, 5.41) is 8.35. The lowest BCUT2D eigenvalue weighted by Gasteiger charge is -2.16. The van der Waals surface area contributed by atoms with E-state index in [2.05, 4.69) is 15.2 Å². The van der Waals surface area contributed by atoms with E-state index < -0.39 is 17.6 Å². The second-order valence-electron chi connectivity index (χ2n) is 6.50. The summed E-state index contributed by atoms with van der Waals surface area (Å²) in [6, 6.07) is 7.09. The summed E-state index contributed by atoms with van der Waals surface area (Å²) in [4.78, 5) is 4.48. The number of hydrogen-bond acceptors (Lipinski definition) is 4. The first kappa shape index (κ1) is 20.5. The van der Waals surface area contributed by atoms with Crippen LogP contribution in [0.25, 0.3) is 5.69 Å². The summed E-state index contributed by atoms with van der Waals surface area (Å²) < 4.78 is 60.7.